The van der Waals surface area contributed by atoms with E-state index in [1.54, 1.807) is 12.1 Å². The minimum atomic E-state index is -0.350. The van der Waals surface area contributed by atoms with Gasteiger partial charge in [0.05, 0.1) is 11.3 Å². The van der Waals surface area contributed by atoms with Crippen molar-refractivity contribution in [1.82, 2.24) is 5.43 Å². The number of nitrogens with one attached hydrogen (secondary N) is 2. The lowest BCUT2D eigenvalue weighted by atomic mass is 9.99. The van der Waals surface area contributed by atoms with E-state index < -0.39 is 0 Å². The highest BCUT2D eigenvalue weighted by Crippen LogP contribution is 2.34. The maximum Gasteiger partial charge on any atom is 0.339 e. The molecule has 1 heterocycles. The highest BCUT2D eigenvalue weighted by molar-refractivity contribution is 6.00. The molecular formula is C19H20N2O3. The lowest BCUT2D eigenvalue weighted by Gasteiger charge is -2.10. The molecule has 0 saturated heterocycles. The van der Waals surface area contributed by atoms with Crippen LogP contribution in [0.5, 0.6) is 0 Å². The number of anilines is 1. The molecule has 24 heavy (non-hydrogen) atoms. The number of carbonyl (C=O) groups is 2. The molecule has 124 valence electrons. The summed E-state index contributed by atoms with van der Waals surface area (Å²) >= 11 is 0. The summed E-state index contributed by atoms with van der Waals surface area (Å²) in [6.07, 6.45) is 2.68. The Morgan fingerprint density at radius 3 is 2.71 bits per heavy atom. The molecule has 1 aliphatic rings. The van der Waals surface area contributed by atoms with E-state index >= 15 is 0 Å². The van der Waals surface area contributed by atoms with Gasteiger partial charge in [-0.3, -0.25) is 15.6 Å². The minimum Gasteiger partial charge on any atom is -0.454 e. The lowest BCUT2D eigenvalue weighted by molar-refractivity contribution is 0.0364. The van der Waals surface area contributed by atoms with Crippen LogP contribution in [0, 0.1) is 0 Å². The molecule has 0 spiro atoms. The van der Waals surface area contributed by atoms with Crippen molar-refractivity contribution in [3.8, 4) is 0 Å². The summed E-state index contributed by atoms with van der Waals surface area (Å²) in [5.41, 5.74) is 8.04. The molecule has 0 radical (unpaired) electrons. The van der Waals surface area contributed by atoms with Crippen LogP contribution in [0.1, 0.15) is 58.6 Å². The van der Waals surface area contributed by atoms with Crippen LogP contribution >= 0.6 is 0 Å². The molecule has 0 fully saturated rings. The number of hydrogen-bond acceptors (Lipinski definition) is 4. The zero-order valence-corrected chi connectivity index (χ0v) is 13.5. The third-order valence-corrected chi connectivity index (χ3v) is 4.05. The molecule has 1 unspecified atom stereocenters. The monoisotopic (exact) mass is 324 g/mol. The van der Waals surface area contributed by atoms with Crippen LogP contribution in [0.4, 0.5) is 5.69 Å². The van der Waals surface area contributed by atoms with E-state index in [4.69, 9.17) is 4.74 Å². The van der Waals surface area contributed by atoms with Gasteiger partial charge in [0.15, 0.2) is 0 Å². The molecule has 0 saturated carbocycles. The number of hydrogen-bond donors (Lipinski definition) is 2. The van der Waals surface area contributed by atoms with Crippen LogP contribution < -0.4 is 10.9 Å². The molecule has 3 rings (SSSR count). The van der Waals surface area contributed by atoms with Gasteiger partial charge < -0.3 is 4.74 Å². The van der Waals surface area contributed by atoms with Crippen molar-refractivity contribution in [3.63, 3.8) is 0 Å². The number of rotatable bonds is 6. The number of hydrazine groups is 1. The van der Waals surface area contributed by atoms with Gasteiger partial charge in [-0.25, -0.2) is 4.79 Å². The van der Waals surface area contributed by atoms with E-state index in [1.165, 1.54) is 0 Å². The van der Waals surface area contributed by atoms with Crippen molar-refractivity contribution < 1.29 is 14.3 Å². The summed E-state index contributed by atoms with van der Waals surface area (Å²) in [5.74, 6) is -0.650. The molecule has 5 heteroatoms. The van der Waals surface area contributed by atoms with Gasteiger partial charge in [-0.2, -0.15) is 0 Å². The summed E-state index contributed by atoms with van der Waals surface area (Å²) in [6, 6.07) is 14.5. The SMILES string of the molecule is CCCCC1OC(=O)c2cc(C(=O)NNc3ccccc3)ccc21. The minimum absolute atomic E-state index is 0.188. The van der Waals surface area contributed by atoms with Gasteiger partial charge in [0.1, 0.15) is 6.10 Å². The fourth-order valence-corrected chi connectivity index (χ4v) is 2.74. The molecule has 2 aromatic rings. The average Bonchev–Trinajstić information content (AvgIpc) is 2.94. The topological polar surface area (TPSA) is 67.4 Å². The average molecular weight is 324 g/mol. The maximum absolute atomic E-state index is 12.3. The lowest BCUT2D eigenvalue weighted by Crippen LogP contribution is -2.29. The first kappa shape index (κ1) is 16.1. The van der Waals surface area contributed by atoms with Gasteiger partial charge in [-0.15, -0.1) is 0 Å². The third kappa shape index (κ3) is 3.40. The Morgan fingerprint density at radius 2 is 1.96 bits per heavy atom. The van der Waals surface area contributed by atoms with Crippen molar-refractivity contribution in [3.05, 3.63) is 65.2 Å². The fraction of sp³-hybridized carbons (Fsp3) is 0.263. The van der Waals surface area contributed by atoms with Crippen LogP contribution in [0.25, 0.3) is 0 Å². The standard InChI is InChI=1S/C19H20N2O3/c1-2-3-9-17-15-11-10-13(12-16(15)19(23)24-17)18(22)21-20-14-7-5-4-6-8-14/h4-8,10-12,17,20H,2-3,9H2,1H3,(H,21,22). The van der Waals surface area contributed by atoms with E-state index in [-0.39, 0.29) is 18.0 Å². The Hall–Kier alpha value is -2.82. The third-order valence-electron chi connectivity index (χ3n) is 4.05. The summed E-state index contributed by atoms with van der Waals surface area (Å²) < 4.78 is 5.41. The van der Waals surface area contributed by atoms with Crippen molar-refractivity contribution in [2.45, 2.75) is 32.3 Å². The van der Waals surface area contributed by atoms with E-state index in [0.717, 1.165) is 30.5 Å². The molecule has 0 aromatic heterocycles. The number of para-hydroxylation sites is 1. The van der Waals surface area contributed by atoms with Crippen LogP contribution in [0.15, 0.2) is 48.5 Å². The van der Waals surface area contributed by atoms with Gasteiger partial charge in [0, 0.05) is 11.1 Å². The van der Waals surface area contributed by atoms with Crippen molar-refractivity contribution in [2.24, 2.45) is 0 Å². The zero-order valence-electron chi connectivity index (χ0n) is 13.5. The normalized spacial score (nSPS) is 15.5. The highest BCUT2D eigenvalue weighted by atomic mass is 16.5. The number of unbranched alkanes of at least 4 members (excludes halogenated alkanes) is 1. The van der Waals surface area contributed by atoms with Gasteiger partial charge in [0.2, 0.25) is 0 Å². The van der Waals surface area contributed by atoms with E-state index in [0.29, 0.717) is 11.1 Å². The molecule has 5 nitrogen and oxygen atoms in total. The Bertz CT molecular complexity index is 744. The Morgan fingerprint density at radius 1 is 1.17 bits per heavy atom. The predicted octanol–water partition coefficient (Wildman–Crippen LogP) is 3.85. The van der Waals surface area contributed by atoms with Crippen molar-refractivity contribution >= 4 is 17.6 Å². The molecular weight excluding hydrogens is 304 g/mol. The predicted molar refractivity (Wildman–Crippen MR) is 91.7 cm³/mol. The van der Waals surface area contributed by atoms with Crippen LogP contribution in [-0.2, 0) is 4.74 Å². The zero-order chi connectivity index (χ0) is 16.9. The second kappa shape index (κ2) is 7.17. The summed E-state index contributed by atoms with van der Waals surface area (Å²) in [5, 5.41) is 0. The number of carbonyl (C=O) groups excluding carboxylic acids is 2. The number of esters is 1. The van der Waals surface area contributed by atoms with Crippen LogP contribution in [0.2, 0.25) is 0 Å². The molecule has 0 aliphatic carbocycles. The summed E-state index contributed by atoms with van der Waals surface area (Å²) in [4.78, 5) is 24.3. The maximum atomic E-state index is 12.3. The van der Waals surface area contributed by atoms with Gasteiger partial charge in [-0.05, 0) is 37.1 Å². The van der Waals surface area contributed by atoms with Crippen molar-refractivity contribution in [1.29, 1.82) is 0 Å². The van der Waals surface area contributed by atoms with Gasteiger partial charge >= 0.3 is 5.97 Å². The number of amides is 1. The summed E-state index contributed by atoms with van der Waals surface area (Å²) in [7, 11) is 0. The number of ether oxygens (including phenoxy) is 1. The molecule has 1 amide bonds. The first-order valence-electron chi connectivity index (χ1n) is 8.15. The fourth-order valence-electron chi connectivity index (χ4n) is 2.74. The number of cyclic esters (lactones) is 1. The van der Waals surface area contributed by atoms with Crippen LogP contribution in [0.3, 0.4) is 0 Å². The van der Waals surface area contributed by atoms with E-state index in [2.05, 4.69) is 17.8 Å². The van der Waals surface area contributed by atoms with Crippen molar-refractivity contribution in [2.75, 3.05) is 5.43 Å². The molecule has 2 aromatic carbocycles. The second-order valence-electron chi connectivity index (χ2n) is 5.78. The molecule has 1 aliphatic heterocycles. The molecule has 0 bridgehead atoms. The second-order valence-corrected chi connectivity index (χ2v) is 5.78. The first-order chi connectivity index (χ1) is 11.7. The number of fused-ring (bicyclic) bond motifs is 1. The Labute approximate surface area is 141 Å². The van der Waals surface area contributed by atoms with Gasteiger partial charge in [-0.1, -0.05) is 37.6 Å². The quantitative estimate of drug-likeness (QED) is 0.626. The number of benzene rings is 2. The Kier molecular flexibility index (Phi) is 4.79. The first-order valence-corrected chi connectivity index (χ1v) is 8.15. The highest BCUT2D eigenvalue weighted by Gasteiger charge is 2.31. The molecule has 1 atom stereocenters. The smallest absolute Gasteiger partial charge is 0.339 e. The van der Waals surface area contributed by atoms with E-state index in [9.17, 15) is 9.59 Å². The van der Waals surface area contributed by atoms with Gasteiger partial charge in [0.25, 0.3) is 5.91 Å². The Balaban J connectivity index is 1.70. The van der Waals surface area contributed by atoms with E-state index in [1.807, 2.05) is 36.4 Å². The van der Waals surface area contributed by atoms with Crippen LogP contribution in [-0.4, -0.2) is 11.9 Å². The largest absolute Gasteiger partial charge is 0.454 e. The summed E-state index contributed by atoms with van der Waals surface area (Å²) in [6.45, 7) is 2.10. The molecule has 2 N–H and O–H groups in total.